The Morgan fingerprint density at radius 1 is 1.24 bits per heavy atom. The molecule has 0 radical (unpaired) electrons. The number of ether oxygens (including phenoxy) is 2. The lowest BCUT2D eigenvalue weighted by molar-refractivity contribution is 0.0980. The topological polar surface area (TPSA) is 18.5 Å². The summed E-state index contributed by atoms with van der Waals surface area (Å²) in [5, 5.41) is 0. The minimum atomic E-state index is 0.477. The predicted octanol–water partition coefficient (Wildman–Crippen LogP) is 4.38. The van der Waals surface area contributed by atoms with Gasteiger partial charge in [0.05, 0.1) is 6.61 Å². The van der Waals surface area contributed by atoms with Crippen molar-refractivity contribution >= 4 is 27.5 Å². The number of halogens is 2. The number of rotatable bonds is 8. The molecule has 0 fully saturated rings. The Morgan fingerprint density at radius 3 is 2.76 bits per heavy atom. The Hall–Kier alpha value is -0.250. The average molecular weight is 322 g/mol. The molecule has 1 aromatic carbocycles. The van der Waals surface area contributed by atoms with Crippen molar-refractivity contribution in [2.24, 2.45) is 0 Å². The molecule has 4 heteroatoms. The van der Waals surface area contributed by atoms with E-state index in [1.807, 2.05) is 18.2 Å². The molecule has 0 aromatic heterocycles. The van der Waals surface area contributed by atoms with Gasteiger partial charge in [0, 0.05) is 17.0 Å². The van der Waals surface area contributed by atoms with Crippen molar-refractivity contribution in [2.75, 3.05) is 19.8 Å². The van der Waals surface area contributed by atoms with Gasteiger partial charge in [-0.3, -0.25) is 0 Å². The summed E-state index contributed by atoms with van der Waals surface area (Å²) in [7, 11) is 0. The van der Waals surface area contributed by atoms with E-state index in [0.29, 0.717) is 19.1 Å². The first-order valence-corrected chi connectivity index (χ1v) is 7.15. The fourth-order valence-corrected chi connectivity index (χ4v) is 2.08. The van der Waals surface area contributed by atoms with Gasteiger partial charge in [0.2, 0.25) is 0 Å². The quantitative estimate of drug-likeness (QED) is 0.522. The molecule has 2 nitrogen and oxygen atoms in total. The highest BCUT2D eigenvalue weighted by atomic mass is 79.9. The summed E-state index contributed by atoms with van der Waals surface area (Å²) < 4.78 is 12.0. The zero-order valence-corrected chi connectivity index (χ0v) is 12.4. The second kappa shape index (κ2) is 8.78. The van der Waals surface area contributed by atoms with Crippen LogP contribution >= 0.6 is 27.5 Å². The molecule has 1 aromatic rings. The largest absolute Gasteiger partial charge is 0.491 e. The van der Waals surface area contributed by atoms with Crippen LogP contribution in [-0.4, -0.2) is 19.8 Å². The maximum absolute atomic E-state index is 5.81. The van der Waals surface area contributed by atoms with Crippen molar-refractivity contribution in [1.82, 2.24) is 0 Å². The maximum atomic E-state index is 5.81. The number of unbranched alkanes of at least 4 members (excludes halogenated alkanes) is 1. The Labute approximate surface area is 116 Å². The van der Waals surface area contributed by atoms with E-state index in [0.717, 1.165) is 35.2 Å². The molecule has 0 amide bonds. The molecule has 0 saturated carbocycles. The third-order valence-corrected chi connectivity index (χ3v) is 3.36. The molecule has 0 heterocycles. The second-order valence-electron chi connectivity index (χ2n) is 3.70. The van der Waals surface area contributed by atoms with Crippen LogP contribution in [0.15, 0.2) is 22.7 Å². The van der Waals surface area contributed by atoms with Gasteiger partial charge in [-0.2, -0.15) is 0 Å². The summed E-state index contributed by atoms with van der Waals surface area (Å²) in [5.41, 5.74) is 1.04. The van der Waals surface area contributed by atoms with E-state index in [-0.39, 0.29) is 0 Å². The molecule has 17 heavy (non-hydrogen) atoms. The van der Waals surface area contributed by atoms with E-state index in [1.165, 1.54) is 0 Å². The van der Waals surface area contributed by atoms with Crippen LogP contribution in [0.1, 0.15) is 25.3 Å². The Bertz CT molecular complexity index is 331. The van der Waals surface area contributed by atoms with Crippen LogP contribution in [0, 0.1) is 0 Å². The van der Waals surface area contributed by atoms with Gasteiger partial charge < -0.3 is 9.47 Å². The molecule has 0 unspecified atom stereocenters. The van der Waals surface area contributed by atoms with Gasteiger partial charge in [-0.05, 0) is 30.2 Å². The minimum Gasteiger partial charge on any atom is -0.491 e. The highest BCUT2D eigenvalue weighted by Gasteiger charge is 2.01. The van der Waals surface area contributed by atoms with Crippen molar-refractivity contribution in [3.8, 4) is 5.75 Å². The monoisotopic (exact) mass is 320 g/mol. The van der Waals surface area contributed by atoms with Crippen LogP contribution in [0.25, 0.3) is 0 Å². The Kier molecular flexibility index (Phi) is 7.65. The van der Waals surface area contributed by atoms with Crippen molar-refractivity contribution in [3.05, 3.63) is 28.2 Å². The molecule has 0 aliphatic rings. The number of hydrogen-bond acceptors (Lipinski definition) is 2. The standard InChI is InChI=1S/C13H18BrClO2/c1-2-3-6-16-7-8-17-12-4-5-13(14)11(9-12)10-15/h4-5,9H,2-3,6-8,10H2,1H3. The van der Waals surface area contributed by atoms with E-state index in [9.17, 15) is 0 Å². The molecule has 0 atom stereocenters. The minimum absolute atomic E-state index is 0.477. The summed E-state index contributed by atoms with van der Waals surface area (Å²) in [4.78, 5) is 0. The summed E-state index contributed by atoms with van der Waals surface area (Å²) >= 11 is 9.25. The van der Waals surface area contributed by atoms with Gasteiger partial charge in [0.1, 0.15) is 12.4 Å². The summed E-state index contributed by atoms with van der Waals surface area (Å²) in [6, 6.07) is 5.82. The van der Waals surface area contributed by atoms with Crippen molar-refractivity contribution in [3.63, 3.8) is 0 Å². The van der Waals surface area contributed by atoms with Crippen LogP contribution in [0.3, 0.4) is 0 Å². The molecule has 0 spiro atoms. The van der Waals surface area contributed by atoms with Crippen molar-refractivity contribution in [2.45, 2.75) is 25.6 Å². The highest BCUT2D eigenvalue weighted by Crippen LogP contribution is 2.23. The lowest BCUT2D eigenvalue weighted by Gasteiger charge is -2.08. The maximum Gasteiger partial charge on any atom is 0.119 e. The lowest BCUT2D eigenvalue weighted by Crippen LogP contribution is -2.07. The molecular formula is C13H18BrClO2. The lowest BCUT2D eigenvalue weighted by atomic mass is 10.2. The molecule has 96 valence electrons. The predicted molar refractivity (Wildman–Crippen MR) is 74.9 cm³/mol. The van der Waals surface area contributed by atoms with E-state index >= 15 is 0 Å². The van der Waals surface area contributed by atoms with E-state index in [2.05, 4.69) is 22.9 Å². The molecule has 0 aliphatic carbocycles. The number of hydrogen-bond donors (Lipinski definition) is 0. The van der Waals surface area contributed by atoms with Crippen molar-refractivity contribution in [1.29, 1.82) is 0 Å². The second-order valence-corrected chi connectivity index (χ2v) is 4.82. The third-order valence-electron chi connectivity index (χ3n) is 2.30. The number of alkyl halides is 1. The summed E-state index contributed by atoms with van der Waals surface area (Å²) in [6.45, 7) is 4.17. The highest BCUT2D eigenvalue weighted by molar-refractivity contribution is 9.10. The first-order valence-electron chi connectivity index (χ1n) is 5.83. The summed E-state index contributed by atoms with van der Waals surface area (Å²) in [5.74, 6) is 1.31. The SMILES string of the molecule is CCCCOCCOc1ccc(Br)c(CCl)c1. The van der Waals surface area contributed by atoms with Crippen LogP contribution in [0.2, 0.25) is 0 Å². The van der Waals surface area contributed by atoms with Gasteiger partial charge in [-0.25, -0.2) is 0 Å². The van der Waals surface area contributed by atoms with Crippen LogP contribution in [0.4, 0.5) is 0 Å². The molecular weight excluding hydrogens is 303 g/mol. The molecule has 1 rings (SSSR count). The average Bonchev–Trinajstić information content (AvgIpc) is 2.35. The van der Waals surface area contributed by atoms with Gasteiger partial charge in [-0.1, -0.05) is 29.3 Å². The molecule has 0 aliphatic heterocycles. The zero-order valence-electron chi connectivity index (χ0n) is 10.0. The summed E-state index contributed by atoms with van der Waals surface area (Å²) in [6.07, 6.45) is 2.27. The fraction of sp³-hybridized carbons (Fsp3) is 0.538. The molecule has 0 saturated heterocycles. The first kappa shape index (κ1) is 14.8. The van der Waals surface area contributed by atoms with Crippen LogP contribution in [0.5, 0.6) is 5.75 Å². The van der Waals surface area contributed by atoms with Gasteiger partial charge in [-0.15, -0.1) is 11.6 Å². The van der Waals surface area contributed by atoms with Gasteiger partial charge in [0.15, 0.2) is 0 Å². The number of benzene rings is 1. The van der Waals surface area contributed by atoms with Crippen LogP contribution in [-0.2, 0) is 10.6 Å². The van der Waals surface area contributed by atoms with Gasteiger partial charge in [0.25, 0.3) is 0 Å². The van der Waals surface area contributed by atoms with E-state index in [1.54, 1.807) is 0 Å². The van der Waals surface area contributed by atoms with E-state index in [4.69, 9.17) is 21.1 Å². The van der Waals surface area contributed by atoms with Crippen LogP contribution < -0.4 is 4.74 Å². The smallest absolute Gasteiger partial charge is 0.119 e. The zero-order chi connectivity index (χ0) is 12.5. The van der Waals surface area contributed by atoms with Crippen molar-refractivity contribution < 1.29 is 9.47 Å². The Balaban J connectivity index is 2.27. The Morgan fingerprint density at radius 2 is 2.06 bits per heavy atom. The normalized spacial score (nSPS) is 10.5. The molecule has 0 bridgehead atoms. The van der Waals surface area contributed by atoms with Gasteiger partial charge >= 0.3 is 0 Å². The fourth-order valence-electron chi connectivity index (χ4n) is 1.31. The third kappa shape index (κ3) is 5.75. The van der Waals surface area contributed by atoms with E-state index < -0.39 is 0 Å². The first-order chi connectivity index (χ1) is 8.27. The molecule has 0 N–H and O–H groups in total.